The van der Waals surface area contributed by atoms with Crippen molar-refractivity contribution in [3.63, 3.8) is 0 Å². The third-order valence-corrected chi connectivity index (χ3v) is 10.1. The third kappa shape index (κ3) is 2.25. The zero-order valence-electron chi connectivity index (χ0n) is 18.7. The molecule has 0 saturated heterocycles. The number of hydrogen-bond donors (Lipinski definition) is 3. The number of fused-ring (bicyclic) bond motifs is 4. The SMILES string of the molecule is C=C1C(=O)C23C(O)CC4C(C)(C)c5nc(NC(C)C)sc5CC4(C)C2CCC1C3O. The Bertz CT molecular complexity index is 937. The first-order valence-corrected chi connectivity index (χ1v) is 12.1. The highest BCUT2D eigenvalue weighted by atomic mass is 32.1. The Morgan fingerprint density at radius 3 is 2.57 bits per heavy atom. The molecule has 5 rings (SSSR count). The predicted molar refractivity (Wildman–Crippen MR) is 119 cm³/mol. The van der Waals surface area contributed by atoms with E-state index in [9.17, 15) is 15.0 Å². The van der Waals surface area contributed by atoms with Gasteiger partial charge in [-0.25, -0.2) is 4.98 Å². The van der Waals surface area contributed by atoms with Gasteiger partial charge in [-0.05, 0) is 62.4 Å². The van der Waals surface area contributed by atoms with E-state index < -0.39 is 17.6 Å². The van der Waals surface area contributed by atoms with E-state index in [4.69, 9.17) is 4.98 Å². The lowest BCUT2D eigenvalue weighted by Gasteiger charge is -2.64. The van der Waals surface area contributed by atoms with Crippen molar-refractivity contribution in [1.82, 2.24) is 4.98 Å². The van der Waals surface area contributed by atoms with Crippen molar-refractivity contribution in [3.8, 4) is 0 Å². The summed E-state index contributed by atoms with van der Waals surface area (Å²) in [5.74, 6) is -0.124. The minimum Gasteiger partial charge on any atom is -0.392 e. The minimum absolute atomic E-state index is 0.0483. The van der Waals surface area contributed by atoms with Crippen LogP contribution in [0.2, 0.25) is 0 Å². The second-order valence-corrected chi connectivity index (χ2v) is 12.4. The van der Waals surface area contributed by atoms with Crippen LogP contribution in [0.25, 0.3) is 0 Å². The van der Waals surface area contributed by atoms with Crippen LogP contribution >= 0.6 is 11.3 Å². The number of aromatic nitrogens is 1. The Kier molecular flexibility index (Phi) is 4.25. The Labute approximate surface area is 183 Å². The number of rotatable bonds is 2. The smallest absolute Gasteiger partial charge is 0.183 e. The summed E-state index contributed by atoms with van der Waals surface area (Å²) in [6.45, 7) is 15.1. The summed E-state index contributed by atoms with van der Waals surface area (Å²) in [7, 11) is 0. The molecule has 1 aromatic rings. The van der Waals surface area contributed by atoms with Crippen LogP contribution in [0.5, 0.6) is 0 Å². The summed E-state index contributed by atoms with van der Waals surface area (Å²) in [6, 6.07) is 0.316. The number of nitrogens with one attached hydrogen (secondary N) is 1. The lowest BCUT2D eigenvalue weighted by molar-refractivity contribution is -0.212. The molecule has 6 heteroatoms. The van der Waals surface area contributed by atoms with E-state index in [1.54, 1.807) is 11.3 Å². The molecular formula is C24H34N2O3S. The van der Waals surface area contributed by atoms with Gasteiger partial charge >= 0.3 is 0 Å². The van der Waals surface area contributed by atoms with E-state index >= 15 is 0 Å². The maximum atomic E-state index is 13.5. The van der Waals surface area contributed by atoms with Crippen molar-refractivity contribution >= 4 is 22.3 Å². The number of nitrogens with zero attached hydrogens (tertiary/aromatic N) is 1. The Hall–Kier alpha value is -1.24. The number of thiazole rings is 1. The van der Waals surface area contributed by atoms with Gasteiger partial charge in [-0.2, -0.15) is 0 Å². The van der Waals surface area contributed by atoms with Crippen LogP contribution in [0.4, 0.5) is 5.13 Å². The van der Waals surface area contributed by atoms with Gasteiger partial charge < -0.3 is 15.5 Å². The molecule has 5 nitrogen and oxygen atoms in total. The van der Waals surface area contributed by atoms with Crippen molar-refractivity contribution in [2.24, 2.45) is 28.6 Å². The fraction of sp³-hybridized carbons (Fsp3) is 0.750. The highest BCUT2D eigenvalue weighted by molar-refractivity contribution is 7.15. The number of carbonyl (C=O) groups is 1. The van der Waals surface area contributed by atoms with Crippen LogP contribution in [0.15, 0.2) is 12.2 Å². The number of hydrogen-bond acceptors (Lipinski definition) is 6. The van der Waals surface area contributed by atoms with Crippen LogP contribution in [-0.4, -0.2) is 39.2 Å². The predicted octanol–water partition coefficient (Wildman–Crippen LogP) is 3.70. The molecule has 4 aliphatic carbocycles. The van der Waals surface area contributed by atoms with Crippen molar-refractivity contribution in [2.75, 3.05) is 5.32 Å². The monoisotopic (exact) mass is 430 g/mol. The van der Waals surface area contributed by atoms with Gasteiger partial charge in [-0.3, -0.25) is 4.79 Å². The van der Waals surface area contributed by atoms with E-state index in [2.05, 4.69) is 46.5 Å². The van der Waals surface area contributed by atoms with Crippen molar-refractivity contribution < 1.29 is 15.0 Å². The fourth-order valence-corrected chi connectivity index (χ4v) is 9.39. The molecule has 0 amide bonds. The highest BCUT2D eigenvalue weighted by Gasteiger charge is 2.74. The zero-order valence-corrected chi connectivity index (χ0v) is 19.5. The van der Waals surface area contributed by atoms with E-state index in [-0.39, 0.29) is 34.4 Å². The molecule has 3 N–H and O–H groups in total. The van der Waals surface area contributed by atoms with Crippen LogP contribution in [-0.2, 0) is 16.6 Å². The first kappa shape index (κ1) is 20.7. The summed E-state index contributed by atoms with van der Waals surface area (Å²) in [5, 5.41) is 27.1. The molecule has 1 spiro atoms. The standard InChI is InChI=1S/C24H34N2O3S/c1-11(2)25-21-26-18-14(30-21)10-23(6)15-8-7-13-12(3)19(28)24(15,20(13)29)17(27)9-16(23)22(18,4)5/h11,13,15-17,20,27,29H,3,7-10H2,1-2,4-6H3,(H,25,26). The van der Waals surface area contributed by atoms with Gasteiger partial charge in [0, 0.05) is 22.3 Å². The Balaban J connectivity index is 1.65. The summed E-state index contributed by atoms with van der Waals surface area (Å²) in [5.41, 5.74) is 0.200. The molecule has 0 aromatic carbocycles. The van der Waals surface area contributed by atoms with Gasteiger partial charge in [0.2, 0.25) is 0 Å². The summed E-state index contributed by atoms with van der Waals surface area (Å²) in [4.78, 5) is 19.7. The number of anilines is 1. The fourth-order valence-electron chi connectivity index (χ4n) is 7.93. The molecule has 1 aromatic heterocycles. The number of aliphatic hydroxyl groups is 2. The lowest BCUT2D eigenvalue weighted by atomic mass is 9.40. The van der Waals surface area contributed by atoms with Gasteiger partial charge in [0.05, 0.1) is 23.3 Å². The largest absolute Gasteiger partial charge is 0.392 e. The zero-order chi connectivity index (χ0) is 21.8. The van der Waals surface area contributed by atoms with Crippen LogP contribution in [0.1, 0.15) is 64.5 Å². The molecule has 3 fully saturated rings. The van der Waals surface area contributed by atoms with Crippen molar-refractivity contribution in [2.45, 2.75) is 84.0 Å². The Morgan fingerprint density at radius 1 is 1.20 bits per heavy atom. The molecule has 7 atom stereocenters. The van der Waals surface area contributed by atoms with E-state index in [1.165, 1.54) is 4.88 Å². The molecule has 7 unspecified atom stereocenters. The summed E-state index contributed by atoms with van der Waals surface area (Å²) >= 11 is 1.73. The van der Waals surface area contributed by atoms with Gasteiger partial charge in [-0.15, -0.1) is 11.3 Å². The maximum absolute atomic E-state index is 13.5. The van der Waals surface area contributed by atoms with Crippen LogP contribution in [0.3, 0.4) is 0 Å². The van der Waals surface area contributed by atoms with E-state index in [1.807, 2.05) is 0 Å². The van der Waals surface area contributed by atoms with Crippen molar-refractivity contribution in [1.29, 1.82) is 0 Å². The van der Waals surface area contributed by atoms with Gasteiger partial charge in [0.25, 0.3) is 0 Å². The Morgan fingerprint density at radius 2 is 1.90 bits per heavy atom. The quantitative estimate of drug-likeness (QED) is 0.623. The van der Waals surface area contributed by atoms with E-state index in [0.717, 1.165) is 30.1 Å². The lowest BCUT2D eigenvalue weighted by Crippen LogP contribution is -2.68. The number of carbonyl (C=O) groups excluding carboxylic acids is 1. The number of Topliss-reactive ketones (excluding diaryl/α,β-unsaturated/α-hetero) is 1. The van der Waals surface area contributed by atoms with Crippen LogP contribution < -0.4 is 5.32 Å². The molecule has 2 bridgehead atoms. The molecule has 0 radical (unpaired) electrons. The molecule has 3 saturated carbocycles. The summed E-state index contributed by atoms with van der Waals surface area (Å²) < 4.78 is 0. The number of aliphatic hydroxyl groups excluding tert-OH is 2. The first-order chi connectivity index (χ1) is 14.0. The van der Waals surface area contributed by atoms with E-state index in [0.29, 0.717) is 18.0 Å². The average molecular weight is 431 g/mol. The highest BCUT2D eigenvalue weighted by Crippen LogP contribution is 2.70. The van der Waals surface area contributed by atoms with Gasteiger partial charge in [0.1, 0.15) is 0 Å². The molecule has 4 aliphatic rings. The molecule has 1 heterocycles. The van der Waals surface area contributed by atoms with Gasteiger partial charge in [-0.1, -0.05) is 27.4 Å². The average Bonchev–Trinajstić information content (AvgIpc) is 3.08. The molecule has 30 heavy (non-hydrogen) atoms. The van der Waals surface area contributed by atoms with Crippen molar-refractivity contribution in [3.05, 3.63) is 22.7 Å². The topological polar surface area (TPSA) is 82.5 Å². The second-order valence-electron chi connectivity index (χ2n) is 11.3. The normalized spacial score (nSPS) is 43.9. The summed E-state index contributed by atoms with van der Waals surface area (Å²) in [6.07, 6.45) is 1.36. The maximum Gasteiger partial charge on any atom is 0.183 e. The molecular weight excluding hydrogens is 396 g/mol. The minimum atomic E-state index is -1.08. The second kappa shape index (κ2) is 6.17. The van der Waals surface area contributed by atoms with Crippen LogP contribution in [0, 0.1) is 28.6 Å². The molecule has 0 aliphatic heterocycles. The number of ketones is 1. The van der Waals surface area contributed by atoms with Gasteiger partial charge in [0.15, 0.2) is 10.9 Å². The molecule has 164 valence electrons. The third-order valence-electron chi connectivity index (χ3n) is 9.08. The first-order valence-electron chi connectivity index (χ1n) is 11.3.